The molecule has 0 radical (unpaired) electrons. The van der Waals surface area contributed by atoms with Crippen LogP contribution in [0.1, 0.15) is 31.5 Å². The molecule has 3 N–H and O–H groups in total. The lowest BCUT2D eigenvalue weighted by Crippen LogP contribution is -2.05. The maximum atomic E-state index is 8.63. The Morgan fingerprint density at radius 1 is 1.25 bits per heavy atom. The van der Waals surface area contributed by atoms with Crippen LogP contribution in [-0.2, 0) is 13.6 Å². The molecule has 0 saturated carbocycles. The number of hydrogen-bond donors (Lipinski definition) is 2. The van der Waals surface area contributed by atoms with Crippen LogP contribution in [-0.4, -0.2) is 32.2 Å². The maximum absolute atomic E-state index is 8.63. The second kappa shape index (κ2) is 7.65. The maximum Gasteiger partial charge on any atom is 0.190 e. The van der Waals surface area contributed by atoms with E-state index in [1.54, 1.807) is 11.8 Å². The van der Waals surface area contributed by atoms with Gasteiger partial charge in [-0.1, -0.05) is 24.6 Å². The molecular weight excluding hydrogens is 224 g/mol. The minimum Gasteiger partial charge on any atom is -0.396 e. The van der Waals surface area contributed by atoms with Crippen molar-refractivity contribution >= 4 is 11.8 Å². The number of aromatic nitrogens is 3. The van der Waals surface area contributed by atoms with Crippen LogP contribution in [0.15, 0.2) is 5.16 Å². The van der Waals surface area contributed by atoms with E-state index < -0.39 is 0 Å². The average molecular weight is 244 g/mol. The molecule has 92 valence electrons. The predicted octanol–water partition coefficient (Wildman–Crippen LogP) is 0.919. The van der Waals surface area contributed by atoms with Crippen LogP contribution in [0.2, 0.25) is 0 Å². The molecule has 0 saturated heterocycles. The van der Waals surface area contributed by atoms with E-state index in [4.69, 9.17) is 10.8 Å². The summed E-state index contributed by atoms with van der Waals surface area (Å²) in [5.74, 6) is 1.87. The van der Waals surface area contributed by atoms with Gasteiger partial charge >= 0.3 is 0 Å². The van der Waals surface area contributed by atoms with Gasteiger partial charge in [0, 0.05) is 19.4 Å². The third-order valence-electron chi connectivity index (χ3n) is 2.39. The first-order valence-electron chi connectivity index (χ1n) is 5.61. The monoisotopic (exact) mass is 244 g/mol. The summed E-state index contributed by atoms with van der Waals surface area (Å²) in [4.78, 5) is 0. The summed E-state index contributed by atoms with van der Waals surface area (Å²) in [7, 11) is 1.94. The minimum absolute atomic E-state index is 0.302. The highest BCUT2D eigenvalue weighted by atomic mass is 32.2. The number of nitrogens with zero attached hydrogens (tertiary/aromatic N) is 3. The first-order chi connectivity index (χ1) is 7.79. The second-order valence-corrected chi connectivity index (χ2v) is 4.71. The van der Waals surface area contributed by atoms with E-state index in [1.165, 1.54) is 0 Å². The number of unbranched alkanes of at least 4 members (excludes halogenated alkanes) is 3. The molecule has 6 heteroatoms. The SMILES string of the molecule is Cn1c(CN)nnc1SCCCCCCO. The normalized spacial score (nSPS) is 10.9. The standard InChI is InChI=1S/C10H20N4OS/c1-14-9(8-11)12-13-10(14)16-7-5-3-2-4-6-15/h15H,2-8,11H2,1H3. The van der Waals surface area contributed by atoms with Crippen LogP contribution in [0, 0.1) is 0 Å². The molecule has 0 aromatic carbocycles. The summed E-state index contributed by atoms with van der Waals surface area (Å²) in [5.41, 5.74) is 5.52. The van der Waals surface area contributed by atoms with E-state index in [-0.39, 0.29) is 0 Å². The molecule has 0 spiro atoms. The molecule has 0 aliphatic heterocycles. The van der Waals surface area contributed by atoms with E-state index in [9.17, 15) is 0 Å². The third kappa shape index (κ3) is 4.11. The summed E-state index contributed by atoms with van der Waals surface area (Å²) >= 11 is 1.71. The van der Waals surface area contributed by atoms with E-state index in [2.05, 4.69) is 10.2 Å². The third-order valence-corrected chi connectivity index (χ3v) is 3.50. The van der Waals surface area contributed by atoms with Crippen LogP contribution in [0.5, 0.6) is 0 Å². The van der Waals surface area contributed by atoms with Crippen molar-refractivity contribution in [2.75, 3.05) is 12.4 Å². The van der Waals surface area contributed by atoms with Crippen molar-refractivity contribution in [3.8, 4) is 0 Å². The summed E-state index contributed by atoms with van der Waals surface area (Å²) in [5, 5.41) is 17.6. The molecule has 0 aliphatic rings. The topological polar surface area (TPSA) is 77.0 Å². The Labute approximate surface area is 100 Å². The first kappa shape index (κ1) is 13.5. The molecule has 0 unspecified atom stereocenters. The molecule has 0 fully saturated rings. The number of aliphatic hydroxyl groups excluding tert-OH is 1. The Morgan fingerprint density at radius 2 is 2.00 bits per heavy atom. The minimum atomic E-state index is 0.302. The molecule has 0 aliphatic carbocycles. The largest absolute Gasteiger partial charge is 0.396 e. The number of rotatable bonds is 8. The van der Waals surface area contributed by atoms with E-state index >= 15 is 0 Å². The lowest BCUT2D eigenvalue weighted by atomic mass is 10.2. The molecule has 5 nitrogen and oxygen atoms in total. The Balaban J connectivity index is 2.19. The van der Waals surface area contributed by atoms with Crippen LogP contribution >= 0.6 is 11.8 Å². The summed E-state index contributed by atoms with van der Waals surface area (Å²) in [6, 6.07) is 0. The fourth-order valence-electron chi connectivity index (χ4n) is 1.38. The van der Waals surface area contributed by atoms with Crippen LogP contribution in [0.3, 0.4) is 0 Å². The molecule has 16 heavy (non-hydrogen) atoms. The van der Waals surface area contributed by atoms with E-state index in [1.807, 2.05) is 11.6 Å². The van der Waals surface area contributed by atoms with Crippen molar-refractivity contribution < 1.29 is 5.11 Å². The molecule has 1 aromatic rings. The zero-order valence-corrected chi connectivity index (χ0v) is 10.5. The van der Waals surface area contributed by atoms with Gasteiger partial charge in [-0.2, -0.15) is 0 Å². The molecule has 0 atom stereocenters. The van der Waals surface area contributed by atoms with Gasteiger partial charge in [0.1, 0.15) is 5.82 Å². The smallest absolute Gasteiger partial charge is 0.190 e. The lowest BCUT2D eigenvalue weighted by Gasteiger charge is -2.02. The van der Waals surface area contributed by atoms with Gasteiger partial charge in [0.15, 0.2) is 5.16 Å². The first-order valence-corrected chi connectivity index (χ1v) is 6.60. The molecular formula is C10H20N4OS. The van der Waals surface area contributed by atoms with Gasteiger partial charge in [0.2, 0.25) is 0 Å². The second-order valence-electron chi connectivity index (χ2n) is 3.65. The van der Waals surface area contributed by atoms with Crippen molar-refractivity contribution in [3.63, 3.8) is 0 Å². The van der Waals surface area contributed by atoms with Gasteiger partial charge in [-0.15, -0.1) is 10.2 Å². The number of thioether (sulfide) groups is 1. The lowest BCUT2D eigenvalue weighted by molar-refractivity contribution is 0.283. The highest BCUT2D eigenvalue weighted by molar-refractivity contribution is 7.99. The average Bonchev–Trinajstić information content (AvgIpc) is 2.65. The Hall–Kier alpha value is -0.590. The quantitative estimate of drug-likeness (QED) is 0.525. The van der Waals surface area contributed by atoms with Crippen molar-refractivity contribution in [2.45, 2.75) is 37.4 Å². The molecule has 1 aromatic heterocycles. The van der Waals surface area contributed by atoms with Crippen molar-refractivity contribution in [2.24, 2.45) is 12.8 Å². The number of hydrogen-bond acceptors (Lipinski definition) is 5. The Morgan fingerprint density at radius 3 is 2.62 bits per heavy atom. The molecule has 0 amide bonds. The zero-order chi connectivity index (χ0) is 11.8. The summed E-state index contributed by atoms with van der Waals surface area (Å²) in [6.07, 6.45) is 4.32. The van der Waals surface area contributed by atoms with Crippen LogP contribution in [0.4, 0.5) is 0 Å². The van der Waals surface area contributed by atoms with Crippen LogP contribution < -0.4 is 5.73 Å². The van der Waals surface area contributed by atoms with Gasteiger partial charge in [-0.3, -0.25) is 0 Å². The summed E-state index contributed by atoms with van der Waals surface area (Å²) < 4.78 is 1.94. The fraction of sp³-hybridized carbons (Fsp3) is 0.800. The van der Waals surface area contributed by atoms with Crippen LogP contribution in [0.25, 0.3) is 0 Å². The Bertz CT molecular complexity index is 303. The highest BCUT2D eigenvalue weighted by Gasteiger charge is 2.06. The highest BCUT2D eigenvalue weighted by Crippen LogP contribution is 2.17. The van der Waals surface area contributed by atoms with Gasteiger partial charge in [0.05, 0.1) is 6.54 Å². The number of nitrogens with two attached hydrogens (primary N) is 1. The molecule has 0 bridgehead atoms. The summed E-state index contributed by atoms with van der Waals surface area (Å²) in [6.45, 7) is 0.733. The van der Waals surface area contributed by atoms with Crippen molar-refractivity contribution in [3.05, 3.63) is 5.82 Å². The van der Waals surface area contributed by atoms with Gasteiger partial charge in [0.25, 0.3) is 0 Å². The molecule has 1 heterocycles. The molecule has 1 rings (SSSR count). The van der Waals surface area contributed by atoms with E-state index in [0.29, 0.717) is 13.2 Å². The fourth-order valence-corrected chi connectivity index (χ4v) is 2.31. The Kier molecular flexibility index (Phi) is 6.44. The zero-order valence-electron chi connectivity index (χ0n) is 9.72. The van der Waals surface area contributed by atoms with Crippen molar-refractivity contribution in [1.29, 1.82) is 0 Å². The van der Waals surface area contributed by atoms with Gasteiger partial charge in [-0.05, 0) is 12.8 Å². The predicted molar refractivity (Wildman–Crippen MR) is 65.2 cm³/mol. The van der Waals surface area contributed by atoms with Gasteiger partial charge in [-0.25, -0.2) is 0 Å². The van der Waals surface area contributed by atoms with Gasteiger partial charge < -0.3 is 15.4 Å². The van der Waals surface area contributed by atoms with E-state index in [0.717, 1.165) is 42.4 Å². The van der Waals surface area contributed by atoms with Crippen molar-refractivity contribution in [1.82, 2.24) is 14.8 Å². The number of aliphatic hydroxyl groups is 1.